The topological polar surface area (TPSA) is 95.8 Å². The maximum absolute atomic E-state index is 12.3. The number of fused-ring (bicyclic) bond motifs is 1. The lowest BCUT2D eigenvalue weighted by Gasteiger charge is -2.19. The van der Waals surface area contributed by atoms with E-state index in [4.69, 9.17) is 4.42 Å². The molecule has 0 radical (unpaired) electrons. The molecule has 5 rings (SSSR count). The van der Waals surface area contributed by atoms with E-state index < -0.39 is 0 Å². The van der Waals surface area contributed by atoms with Crippen molar-refractivity contribution in [1.29, 1.82) is 0 Å². The second kappa shape index (κ2) is 11.1. The summed E-state index contributed by atoms with van der Waals surface area (Å²) < 4.78 is 6.97. The van der Waals surface area contributed by atoms with Crippen LogP contribution in [0.1, 0.15) is 49.3 Å². The summed E-state index contributed by atoms with van der Waals surface area (Å²) in [6.07, 6.45) is 14.1. The van der Waals surface area contributed by atoms with E-state index in [1.165, 1.54) is 54.4 Å². The molecular formula is C25H29N5O2S2. The summed E-state index contributed by atoms with van der Waals surface area (Å²) in [6, 6.07) is 7.93. The third kappa shape index (κ3) is 6.01. The molecule has 0 unspecified atom stereocenters. The smallest absolute Gasteiger partial charge is 0.321 e. The highest BCUT2D eigenvalue weighted by Crippen LogP contribution is 2.31. The first kappa shape index (κ1) is 23.0. The average molecular weight is 496 g/mol. The van der Waals surface area contributed by atoms with Gasteiger partial charge >= 0.3 is 6.03 Å². The minimum Gasteiger partial charge on any atom is -0.445 e. The van der Waals surface area contributed by atoms with Gasteiger partial charge in [-0.05, 0) is 24.0 Å². The van der Waals surface area contributed by atoms with Crippen molar-refractivity contribution in [1.82, 2.24) is 20.3 Å². The van der Waals surface area contributed by atoms with Crippen molar-refractivity contribution < 1.29 is 9.21 Å². The number of thiazole rings is 1. The molecule has 3 aromatic heterocycles. The van der Waals surface area contributed by atoms with Crippen LogP contribution in [-0.2, 0) is 18.6 Å². The molecule has 1 aliphatic carbocycles. The Morgan fingerprint density at radius 1 is 1.18 bits per heavy atom. The Bertz CT molecular complexity index is 1220. The van der Waals surface area contributed by atoms with Crippen molar-refractivity contribution >= 4 is 45.2 Å². The van der Waals surface area contributed by atoms with Crippen LogP contribution in [0.15, 0.2) is 51.5 Å². The summed E-state index contributed by atoms with van der Waals surface area (Å²) in [7, 11) is 0. The molecule has 0 spiro atoms. The molecule has 0 saturated heterocycles. The van der Waals surface area contributed by atoms with E-state index in [1.807, 2.05) is 24.5 Å². The maximum Gasteiger partial charge on any atom is 0.321 e. The molecule has 7 nitrogen and oxygen atoms in total. The molecule has 9 heteroatoms. The predicted octanol–water partition coefficient (Wildman–Crippen LogP) is 6.39. The minimum absolute atomic E-state index is 0.245. The molecule has 0 atom stereocenters. The Hall–Kier alpha value is -2.78. The monoisotopic (exact) mass is 495 g/mol. The van der Waals surface area contributed by atoms with Gasteiger partial charge in [0.15, 0.2) is 5.13 Å². The second-order valence-corrected chi connectivity index (χ2v) is 11.0. The van der Waals surface area contributed by atoms with Crippen LogP contribution < -0.4 is 10.6 Å². The summed E-state index contributed by atoms with van der Waals surface area (Å²) >= 11 is 3.08. The fraction of sp³-hybridized carbons (Fsp3) is 0.400. The van der Waals surface area contributed by atoms with Crippen LogP contribution in [0.4, 0.5) is 9.93 Å². The van der Waals surface area contributed by atoms with Crippen LogP contribution in [-0.4, -0.2) is 27.5 Å². The number of anilines is 1. The maximum atomic E-state index is 12.3. The largest absolute Gasteiger partial charge is 0.445 e. The van der Waals surface area contributed by atoms with E-state index >= 15 is 0 Å². The number of nitrogens with one attached hydrogen (secondary N) is 3. The summed E-state index contributed by atoms with van der Waals surface area (Å²) in [5.74, 6) is 3.14. The number of hydrogen-bond acceptors (Lipinski definition) is 6. The van der Waals surface area contributed by atoms with E-state index in [-0.39, 0.29) is 6.03 Å². The molecular weight excluding hydrogens is 466 g/mol. The van der Waals surface area contributed by atoms with E-state index in [0.29, 0.717) is 17.4 Å². The standard InChI is InChI=1S/C25H29N5O2S2/c31-24(26-11-10-18-13-27-21-9-5-4-8-20(18)21)30-25-29-15-23(34-25)33-16-22-28-14-19(32-22)12-17-6-2-1-3-7-17/h4-5,8-9,13-15,17,27H,1-3,6-7,10-12,16H2,(H2,26,29,30,31). The first-order chi connectivity index (χ1) is 16.7. The zero-order chi connectivity index (χ0) is 23.2. The number of carbonyl (C=O) groups excluding carboxylic acids is 1. The van der Waals surface area contributed by atoms with E-state index in [0.717, 1.165) is 40.1 Å². The van der Waals surface area contributed by atoms with Gasteiger partial charge in [0, 0.05) is 30.1 Å². The highest BCUT2D eigenvalue weighted by molar-refractivity contribution is 8.00. The molecule has 0 aliphatic heterocycles. The van der Waals surface area contributed by atoms with Crippen LogP contribution in [0, 0.1) is 5.92 Å². The minimum atomic E-state index is -0.245. The van der Waals surface area contributed by atoms with Gasteiger partial charge in [-0.15, -0.1) is 11.8 Å². The van der Waals surface area contributed by atoms with Gasteiger partial charge in [0.2, 0.25) is 5.89 Å². The fourth-order valence-corrected chi connectivity index (χ4v) is 6.21. The molecule has 3 heterocycles. The van der Waals surface area contributed by atoms with E-state index in [1.54, 1.807) is 18.0 Å². The number of aromatic amines is 1. The first-order valence-corrected chi connectivity index (χ1v) is 13.7. The molecule has 1 saturated carbocycles. The molecule has 1 fully saturated rings. The number of thioether (sulfide) groups is 1. The van der Waals surface area contributed by atoms with Gasteiger partial charge in [0.05, 0.1) is 22.4 Å². The number of nitrogens with zero attached hydrogens (tertiary/aromatic N) is 2. The number of amides is 2. The summed E-state index contributed by atoms with van der Waals surface area (Å²) in [5.41, 5.74) is 2.30. The van der Waals surface area contributed by atoms with Gasteiger partial charge in [0.25, 0.3) is 0 Å². The molecule has 4 aromatic rings. The Balaban J connectivity index is 1.04. The van der Waals surface area contributed by atoms with Gasteiger partial charge in [-0.3, -0.25) is 5.32 Å². The van der Waals surface area contributed by atoms with Crippen molar-refractivity contribution in [2.75, 3.05) is 11.9 Å². The number of oxazole rings is 1. The average Bonchev–Trinajstić information content (AvgIpc) is 3.59. The summed E-state index contributed by atoms with van der Waals surface area (Å²) in [4.78, 5) is 24.3. The normalized spacial score (nSPS) is 14.5. The number of aromatic nitrogens is 3. The lowest BCUT2D eigenvalue weighted by Crippen LogP contribution is -2.30. The fourth-order valence-electron chi connectivity index (χ4n) is 4.49. The number of hydrogen-bond donors (Lipinski definition) is 3. The quantitative estimate of drug-likeness (QED) is 0.234. The van der Waals surface area contributed by atoms with Crippen molar-refractivity contribution in [2.24, 2.45) is 5.92 Å². The number of carbonyl (C=O) groups is 1. The Labute approximate surface area is 207 Å². The lowest BCUT2D eigenvalue weighted by atomic mass is 9.86. The Morgan fingerprint density at radius 3 is 2.97 bits per heavy atom. The molecule has 2 amide bonds. The first-order valence-electron chi connectivity index (χ1n) is 11.8. The molecule has 3 N–H and O–H groups in total. The third-order valence-corrected chi connectivity index (χ3v) is 8.31. The number of rotatable bonds is 9. The number of benzene rings is 1. The van der Waals surface area contributed by atoms with Crippen molar-refractivity contribution in [3.8, 4) is 0 Å². The van der Waals surface area contributed by atoms with Crippen LogP contribution >= 0.6 is 23.1 Å². The number of H-pyrrole nitrogens is 1. The van der Waals surface area contributed by atoms with Crippen LogP contribution in [0.3, 0.4) is 0 Å². The van der Waals surface area contributed by atoms with Crippen molar-refractivity contribution in [2.45, 2.75) is 54.9 Å². The number of para-hydroxylation sites is 1. The highest BCUT2D eigenvalue weighted by atomic mass is 32.2. The lowest BCUT2D eigenvalue weighted by molar-refractivity contribution is 0.252. The van der Waals surface area contributed by atoms with Gasteiger partial charge < -0.3 is 14.7 Å². The zero-order valence-corrected chi connectivity index (χ0v) is 20.6. The van der Waals surface area contributed by atoms with Crippen LogP contribution in [0.5, 0.6) is 0 Å². The molecule has 178 valence electrons. The predicted molar refractivity (Wildman–Crippen MR) is 137 cm³/mol. The van der Waals surface area contributed by atoms with Crippen LogP contribution in [0.25, 0.3) is 10.9 Å². The van der Waals surface area contributed by atoms with E-state index in [9.17, 15) is 4.79 Å². The van der Waals surface area contributed by atoms with Crippen LogP contribution in [0.2, 0.25) is 0 Å². The number of urea groups is 1. The third-order valence-electron chi connectivity index (χ3n) is 6.21. The molecule has 1 aliphatic rings. The zero-order valence-electron chi connectivity index (χ0n) is 19.0. The summed E-state index contributed by atoms with van der Waals surface area (Å²) in [5, 5.41) is 7.51. The molecule has 1 aromatic carbocycles. The molecule has 0 bridgehead atoms. The van der Waals surface area contributed by atoms with Gasteiger partial charge in [-0.25, -0.2) is 14.8 Å². The second-order valence-electron chi connectivity index (χ2n) is 8.69. The molecule has 34 heavy (non-hydrogen) atoms. The van der Waals surface area contributed by atoms with E-state index in [2.05, 4.69) is 37.7 Å². The highest BCUT2D eigenvalue weighted by Gasteiger charge is 2.16. The SMILES string of the molecule is O=C(NCCc1c[nH]c2ccccc12)Nc1ncc(SCc2ncc(CC3CCCCC3)o2)s1. The van der Waals surface area contributed by atoms with Crippen molar-refractivity contribution in [3.05, 3.63) is 60.1 Å². The Morgan fingerprint density at radius 2 is 2.06 bits per heavy atom. The van der Waals surface area contributed by atoms with Gasteiger partial charge in [0.1, 0.15) is 5.76 Å². The van der Waals surface area contributed by atoms with Crippen molar-refractivity contribution in [3.63, 3.8) is 0 Å². The summed E-state index contributed by atoms with van der Waals surface area (Å²) in [6.45, 7) is 0.550. The Kier molecular flexibility index (Phi) is 7.50. The van der Waals surface area contributed by atoms with Gasteiger partial charge in [-0.1, -0.05) is 61.6 Å². The van der Waals surface area contributed by atoms with Gasteiger partial charge in [-0.2, -0.15) is 0 Å².